The molecule has 0 saturated heterocycles. The third-order valence-electron chi connectivity index (χ3n) is 7.97. The maximum absolute atomic E-state index is 13.6. The Hall–Kier alpha value is -4.49. The second-order valence-corrected chi connectivity index (χ2v) is 17.9. The maximum Gasteiger partial charge on any atom is 0.344 e. The second kappa shape index (κ2) is 17.8. The number of H-pyrrole nitrogens is 1. The van der Waals surface area contributed by atoms with Crippen molar-refractivity contribution in [3.8, 4) is 28.9 Å². The number of methoxy groups -OCH3 is 2. The van der Waals surface area contributed by atoms with E-state index in [-0.39, 0.29) is 50.3 Å². The van der Waals surface area contributed by atoms with E-state index in [1.54, 1.807) is 31.2 Å². The van der Waals surface area contributed by atoms with Gasteiger partial charge >= 0.3 is 11.9 Å². The normalized spacial score (nSPS) is 13.4. The van der Waals surface area contributed by atoms with E-state index >= 15 is 0 Å². The van der Waals surface area contributed by atoms with Gasteiger partial charge in [0.1, 0.15) is 17.3 Å². The first-order valence-electron chi connectivity index (χ1n) is 16.5. The summed E-state index contributed by atoms with van der Waals surface area (Å²) in [4.78, 5) is 33.8. The predicted octanol–water partition coefficient (Wildman–Crippen LogP) is 6.49. The van der Waals surface area contributed by atoms with Crippen LogP contribution in [0.1, 0.15) is 56.5 Å². The number of imidazole rings is 1. The van der Waals surface area contributed by atoms with Crippen LogP contribution in [0, 0.1) is 0 Å². The van der Waals surface area contributed by atoms with Crippen LogP contribution < -0.4 is 23.7 Å². The summed E-state index contributed by atoms with van der Waals surface area (Å²) >= 11 is 0. The van der Waals surface area contributed by atoms with E-state index in [0.717, 1.165) is 31.2 Å². The highest BCUT2D eigenvalue weighted by Gasteiger charge is 2.29. The Balaban J connectivity index is 1.75. The Morgan fingerprint density at radius 1 is 1.00 bits per heavy atom. The summed E-state index contributed by atoms with van der Waals surface area (Å²) in [5, 5.41) is 0. The van der Waals surface area contributed by atoms with Crippen molar-refractivity contribution in [3.63, 3.8) is 0 Å². The minimum atomic E-state index is -1.60. The molecule has 0 aliphatic carbocycles. The highest BCUT2D eigenvalue weighted by molar-refractivity contribution is 6.77. The molecule has 0 spiro atoms. The Kier molecular flexibility index (Phi) is 13.5. The van der Waals surface area contributed by atoms with Crippen molar-refractivity contribution in [2.75, 3.05) is 41.0 Å². The number of aromatic nitrogens is 2. The SMILES string of the molecule is CCCCCC(OCOc1cnc(C(=C(Cc2ccc3c(c2)OCO3)C(=O)OC)c2ccc(OC)cc2OCC(=O)OCC)[nH]1)[Si](C)(C)C. The van der Waals surface area contributed by atoms with Gasteiger partial charge in [-0.2, -0.15) is 0 Å². The number of esters is 2. The fourth-order valence-corrected chi connectivity index (χ4v) is 7.04. The van der Waals surface area contributed by atoms with E-state index in [4.69, 9.17) is 37.9 Å². The lowest BCUT2D eigenvalue weighted by molar-refractivity contribution is -0.145. The monoisotopic (exact) mass is 696 g/mol. The maximum atomic E-state index is 13.6. The summed E-state index contributed by atoms with van der Waals surface area (Å²) < 4.78 is 45.1. The Labute approximate surface area is 289 Å². The van der Waals surface area contributed by atoms with E-state index in [1.807, 2.05) is 12.1 Å². The number of carbonyl (C=O) groups is 2. The standard InChI is InChI=1S/C36H48N2O10Si/c1-8-10-11-12-33(49(5,6)7)48-23-47-31-20-37-35(38-31)34(26-15-14-25(41-3)19-29(26)44-21-32(39)43-9-2)27(36(40)42-4)17-24-13-16-28-30(18-24)46-22-45-28/h13-16,18-20,33H,8-12,17,21-23H2,1-7H3,(H,37,38). The fourth-order valence-electron chi connectivity index (χ4n) is 5.40. The number of nitrogens with one attached hydrogen (secondary N) is 1. The molecular weight excluding hydrogens is 648 g/mol. The van der Waals surface area contributed by atoms with Crippen LogP contribution in [-0.2, 0) is 30.2 Å². The van der Waals surface area contributed by atoms with Gasteiger partial charge in [-0.25, -0.2) is 14.6 Å². The minimum Gasteiger partial charge on any atom is -0.497 e. The van der Waals surface area contributed by atoms with Crippen LogP contribution >= 0.6 is 0 Å². The second-order valence-electron chi connectivity index (χ2n) is 12.5. The van der Waals surface area contributed by atoms with Crippen molar-refractivity contribution in [3.05, 3.63) is 65.1 Å². The van der Waals surface area contributed by atoms with Gasteiger partial charge < -0.3 is 42.9 Å². The van der Waals surface area contributed by atoms with Gasteiger partial charge in [-0.05, 0) is 43.2 Å². The van der Waals surface area contributed by atoms with Gasteiger partial charge in [-0.1, -0.05) is 51.9 Å². The molecule has 13 heteroatoms. The smallest absolute Gasteiger partial charge is 0.344 e. The largest absolute Gasteiger partial charge is 0.497 e. The van der Waals surface area contributed by atoms with Crippen LogP contribution in [-0.4, -0.2) is 76.7 Å². The van der Waals surface area contributed by atoms with E-state index in [0.29, 0.717) is 40.1 Å². The van der Waals surface area contributed by atoms with E-state index < -0.39 is 20.0 Å². The van der Waals surface area contributed by atoms with Gasteiger partial charge in [0.05, 0.1) is 46.4 Å². The molecule has 0 saturated carbocycles. The topological polar surface area (TPSA) is 137 Å². The summed E-state index contributed by atoms with van der Waals surface area (Å²) in [6, 6.07) is 10.6. The third-order valence-corrected chi connectivity index (χ3v) is 10.4. The molecule has 2 heterocycles. The van der Waals surface area contributed by atoms with Crippen LogP contribution in [0.5, 0.6) is 28.9 Å². The fraction of sp³-hybridized carbons (Fsp3) is 0.472. The molecule has 1 aromatic heterocycles. The van der Waals surface area contributed by atoms with Gasteiger partial charge in [0, 0.05) is 23.6 Å². The number of aromatic amines is 1. The average Bonchev–Trinajstić information content (AvgIpc) is 3.75. The molecule has 0 fully saturated rings. The van der Waals surface area contributed by atoms with Crippen LogP contribution in [0.3, 0.4) is 0 Å². The lowest BCUT2D eigenvalue weighted by Crippen LogP contribution is -2.41. The van der Waals surface area contributed by atoms with Crippen molar-refractivity contribution < 1.29 is 47.5 Å². The van der Waals surface area contributed by atoms with E-state index in [9.17, 15) is 9.59 Å². The zero-order chi connectivity index (χ0) is 35.4. The van der Waals surface area contributed by atoms with Gasteiger partial charge in [0.2, 0.25) is 12.7 Å². The van der Waals surface area contributed by atoms with Crippen molar-refractivity contribution in [2.45, 2.75) is 71.3 Å². The van der Waals surface area contributed by atoms with Gasteiger partial charge in [-0.15, -0.1) is 0 Å². The number of fused-ring (bicyclic) bond motifs is 1. The molecule has 0 amide bonds. The molecule has 1 atom stereocenters. The van der Waals surface area contributed by atoms with Gasteiger partial charge in [0.25, 0.3) is 0 Å². The highest BCUT2D eigenvalue weighted by atomic mass is 28.3. The minimum absolute atomic E-state index is 0.0409. The summed E-state index contributed by atoms with van der Waals surface area (Å²) in [7, 11) is 1.23. The summed E-state index contributed by atoms with van der Waals surface area (Å²) in [6.07, 6.45) is 6.08. The van der Waals surface area contributed by atoms with E-state index in [1.165, 1.54) is 20.4 Å². The van der Waals surface area contributed by atoms with Gasteiger partial charge in [0.15, 0.2) is 24.9 Å². The first kappa shape index (κ1) is 37.3. The number of rotatable bonds is 19. The molecule has 1 unspecified atom stereocenters. The number of hydrogen-bond acceptors (Lipinski definition) is 11. The molecule has 1 aliphatic rings. The molecule has 4 rings (SSSR count). The zero-order valence-electron chi connectivity index (χ0n) is 29.5. The molecule has 0 radical (unpaired) electrons. The molecular formula is C36H48N2O10Si. The van der Waals surface area contributed by atoms with Gasteiger partial charge in [-0.3, -0.25) is 0 Å². The summed E-state index contributed by atoms with van der Waals surface area (Å²) in [6.45, 7) is 10.8. The zero-order valence-corrected chi connectivity index (χ0v) is 30.5. The molecule has 12 nitrogen and oxygen atoms in total. The van der Waals surface area contributed by atoms with Crippen LogP contribution in [0.25, 0.3) is 5.57 Å². The molecule has 266 valence electrons. The highest BCUT2D eigenvalue weighted by Crippen LogP contribution is 2.38. The number of nitrogens with zero attached hydrogens (tertiary/aromatic N) is 1. The van der Waals surface area contributed by atoms with Crippen molar-refractivity contribution in [1.82, 2.24) is 9.97 Å². The number of unbranched alkanes of at least 4 members (excludes halogenated alkanes) is 2. The Morgan fingerprint density at radius 2 is 1.80 bits per heavy atom. The molecule has 49 heavy (non-hydrogen) atoms. The predicted molar refractivity (Wildman–Crippen MR) is 186 cm³/mol. The number of benzene rings is 2. The first-order valence-corrected chi connectivity index (χ1v) is 20.1. The van der Waals surface area contributed by atoms with Crippen LogP contribution in [0.4, 0.5) is 0 Å². The molecule has 1 N–H and O–H groups in total. The molecule has 3 aromatic rings. The molecule has 2 aromatic carbocycles. The Morgan fingerprint density at radius 3 is 2.51 bits per heavy atom. The van der Waals surface area contributed by atoms with E-state index in [2.05, 4.69) is 36.5 Å². The lowest BCUT2D eigenvalue weighted by Gasteiger charge is -2.28. The van der Waals surface area contributed by atoms with Crippen molar-refractivity contribution in [2.24, 2.45) is 0 Å². The number of hydrogen-bond donors (Lipinski definition) is 1. The Bertz CT molecular complexity index is 1600. The van der Waals surface area contributed by atoms with Crippen molar-refractivity contribution in [1.29, 1.82) is 0 Å². The van der Waals surface area contributed by atoms with Crippen LogP contribution in [0.15, 0.2) is 48.2 Å². The average molecular weight is 697 g/mol. The van der Waals surface area contributed by atoms with Crippen molar-refractivity contribution >= 4 is 25.6 Å². The first-order chi connectivity index (χ1) is 23.6. The summed E-state index contributed by atoms with van der Waals surface area (Å²) in [5.74, 6) is 1.47. The number of carbonyl (C=O) groups excluding carboxylic acids is 2. The number of ether oxygens (including phenoxy) is 8. The quantitative estimate of drug-likeness (QED) is 0.0485. The lowest BCUT2D eigenvalue weighted by atomic mass is 9.93. The third kappa shape index (κ3) is 10.3. The molecule has 1 aliphatic heterocycles. The molecule has 0 bridgehead atoms. The summed E-state index contributed by atoms with van der Waals surface area (Å²) in [5.41, 5.74) is 2.00. The van der Waals surface area contributed by atoms with Crippen LogP contribution in [0.2, 0.25) is 19.6 Å².